The topological polar surface area (TPSA) is 102 Å². The molecule has 0 bridgehead atoms. The van der Waals surface area contributed by atoms with Crippen LogP contribution in [0.2, 0.25) is 0 Å². The van der Waals surface area contributed by atoms with Crippen molar-refractivity contribution >= 4 is 12.2 Å². The third kappa shape index (κ3) is 2.34. The summed E-state index contributed by atoms with van der Waals surface area (Å²) in [5.41, 5.74) is 0.169. The molecule has 1 heterocycles. The van der Waals surface area contributed by atoms with E-state index in [0.29, 0.717) is 5.56 Å². The van der Waals surface area contributed by atoms with E-state index in [-0.39, 0.29) is 27.5 Å². The summed E-state index contributed by atoms with van der Waals surface area (Å²) in [6, 6.07) is 6.25. The molecule has 0 saturated heterocycles. The van der Waals surface area contributed by atoms with Gasteiger partial charge in [-0.15, -0.1) is 0 Å². The van der Waals surface area contributed by atoms with E-state index < -0.39 is 5.56 Å². The molecule has 19 heavy (non-hydrogen) atoms. The number of rotatable bonds is 2. The minimum Gasteiger partial charge on any atom is -0.504 e. The summed E-state index contributed by atoms with van der Waals surface area (Å²) in [6.45, 7) is 0. The molecule has 2 aromatic rings. The SMILES string of the molecule is COc1cc(-c2c(C#N)[nH]c(=S)[nH]c2=O)ccc1O. The van der Waals surface area contributed by atoms with E-state index in [1.165, 1.54) is 25.3 Å². The molecule has 96 valence electrons. The van der Waals surface area contributed by atoms with E-state index in [1.54, 1.807) is 0 Å². The average molecular weight is 275 g/mol. The molecule has 0 amide bonds. The van der Waals surface area contributed by atoms with Gasteiger partial charge in [-0.05, 0) is 29.9 Å². The van der Waals surface area contributed by atoms with Gasteiger partial charge in [-0.2, -0.15) is 5.26 Å². The Bertz CT molecular complexity index is 786. The third-order valence-electron chi connectivity index (χ3n) is 2.52. The molecule has 0 fully saturated rings. The molecule has 0 aliphatic heterocycles. The average Bonchev–Trinajstić information content (AvgIpc) is 2.39. The summed E-state index contributed by atoms with van der Waals surface area (Å²) >= 11 is 4.81. The molecular weight excluding hydrogens is 266 g/mol. The Balaban J connectivity index is 2.76. The Morgan fingerprint density at radius 3 is 2.79 bits per heavy atom. The first kappa shape index (κ1) is 12.9. The van der Waals surface area contributed by atoms with Gasteiger partial charge >= 0.3 is 0 Å². The van der Waals surface area contributed by atoms with Gasteiger partial charge in [-0.1, -0.05) is 6.07 Å². The molecule has 0 spiro atoms. The Morgan fingerprint density at radius 1 is 1.42 bits per heavy atom. The predicted octanol–water partition coefficient (Wildman–Crippen LogP) is 1.69. The lowest BCUT2D eigenvalue weighted by atomic mass is 10.1. The Morgan fingerprint density at radius 2 is 2.16 bits per heavy atom. The van der Waals surface area contributed by atoms with E-state index in [0.717, 1.165) is 0 Å². The van der Waals surface area contributed by atoms with Gasteiger partial charge in [0.05, 0.1) is 12.7 Å². The largest absolute Gasteiger partial charge is 0.504 e. The second kappa shape index (κ2) is 4.96. The summed E-state index contributed by atoms with van der Waals surface area (Å²) < 4.78 is 5.05. The molecule has 3 N–H and O–H groups in total. The number of nitriles is 1. The van der Waals surface area contributed by atoms with Crippen LogP contribution in [0.25, 0.3) is 11.1 Å². The van der Waals surface area contributed by atoms with E-state index in [2.05, 4.69) is 9.97 Å². The molecule has 6 nitrogen and oxygen atoms in total. The van der Waals surface area contributed by atoms with E-state index in [4.69, 9.17) is 22.2 Å². The zero-order chi connectivity index (χ0) is 14.0. The number of hydrogen-bond donors (Lipinski definition) is 3. The number of methoxy groups -OCH3 is 1. The summed E-state index contributed by atoms with van der Waals surface area (Å²) in [5.74, 6) is 0.160. The first-order chi connectivity index (χ1) is 9.06. The third-order valence-corrected chi connectivity index (χ3v) is 2.73. The first-order valence-corrected chi connectivity index (χ1v) is 5.61. The van der Waals surface area contributed by atoms with Gasteiger partial charge in [-0.25, -0.2) is 0 Å². The second-order valence-electron chi connectivity index (χ2n) is 3.66. The molecule has 0 saturated carbocycles. The fourth-order valence-corrected chi connectivity index (χ4v) is 1.87. The smallest absolute Gasteiger partial charge is 0.260 e. The maximum absolute atomic E-state index is 11.9. The summed E-state index contributed by atoms with van der Waals surface area (Å²) in [4.78, 5) is 16.9. The maximum atomic E-state index is 11.9. The van der Waals surface area contributed by atoms with E-state index in [1.807, 2.05) is 6.07 Å². The van der Waals surface area contributed by atoms with Crippen LogP contribution in [-0.2, 0) is 0 Å². The number of benzene rings is 1. The van der Waals surface area contributed by atoms with Crippen LogP contribution in [-0.4, -0.2) is 22.2 Å². The second-order valence-corrected chi connectivity index (χ2v) is 4.06. The minimum absolute atomic E-state index is 0.0509. The number of aromatic hydroxyl groups is 1. The molecule has 0 radical (unpaired) electrons. The number of ether oxygens (including phenoxy) is 1. The Kier molecular flexibility index (Phi) is 3.35. The van der Waals surface area contributed by atoms with E-state index in [9.17, 15) is 9.90 Å². The van der Waals surface area contributed by atoms with Crippen LogP contribution in [0.1, 0.15) is 5.69 Å². The lowest BCUT2D eigenvalue weighted by Gasteiger charge is -2.07. The molecular formula is C12H9N3O3S. The molecule has 7 heteroatoms. The number of nitrogens with zero attached hydrogens (tertiary/aromatic N) is 1. The van der Waals surface area contributed by atoms with Crippen molar-refractivity contribution in [2.75, 3.05) is 7.11 Å². The van der Waals surface area contributed by atoms with Crippen molar-refractivity contribution in [2.24, 2.45) is 0 Å². The molecule has 0 aliphatic rings. The zero-order valence-electron chi connectivity index (χ0n) is 9.85. The standard InChI is InChI=1S/C12H9N3O3S/c1-18-9-4-6(2-3-8(9)16)10-7(5-13)14-12(19)15-11(10)17/h2-4,16H,1H3,(H2,14,15,17,19). The lowest BCUT2D eigenvalue weighted by Crippen LogP contribution is -2.13. The van der Waals surface area contributed by atoms with Crippen molar-refractivity contribution in [2.45, 2.75) is 0 Å². The van der Waals surface area contributed by atoms with Crippen LogP contribution in [0, 0.1) is 16.1 Å². The van der Waals surface area contributed by atoms with E-state index >= 15 is 0 Å². The zero-order valence-corrected chi connectivity index (χ0v) is 10.7. The van der Waals surface area contributed by atoms with Gasteiger partial charge < -0.3 is 14.8 Å². The predicted molar refractivity (Wildman–Crippen MR) is 70.6 cm³/mol. The van der Waals surface area contributed by atoms with Crippen molar-refractivity contribution in [3.63, 3.8) is 0 Å². The highest BCUT2D eigenvalue weighted by Crippen LogP contribution is 2.30. The minimum atomic E-state index is -0.479. The van der Waals surface area contributed by atoms with Crippen molar-refractivity contribution in [1.29, 1.82) is 5.26 Å². The molecule has 0 atom stereocenters. The fourth-order valence-electron chi connectivity index (χ4n) is 1.68. The Labute approximate surface area is 112 Å². The highest BCUT2D eigenvalue weighted by Gasteiger charge is 2.13. The number of phenols is 1. The van der Waals surface area contributed by atoms with Crippen molar-refractivity contribution < 1.29 is 9.84 Å². The maximum Gasteiger partial charge on any atom is 0.260 e. The van der Waals surface area contributed by atoms with Crippen molar-refractivity contribution in [3.8, 4) is 28.7 Å². The van der Waals surface area contributed by atoms with Crippen LogP contribution < -0.4 is 10.3 Å². The van der Waals surface area contributed by atoms with Gasteiger partial charge in [0.2, 0.25) is 0 Å². The quantitative estimate of drug-likeness (QED) is 0.724. The summed E-state index contributed by atoms with van der Waals surface area (Å²) in [6.07, 6.45) is 0. The summed E-state index contributed by atoms with van der Waals surface area (Å²) in [5, 5.41) is 18.6. The van der Waals surface area contributed by atoms with Crippen molar-refractivity contribution in [1.82, 2.24) is 9.97 Å². The van der Waals surface area contributed by atoms with Gasteiger partial charge in [0.1, 0.15) is 11.8 Å². The number of H-pyrrole nitrogens is 2. The molecule has 0 unspecified atom stereocenters. The molecule has 1 aromatic carbocycles. The number of nitrogens with one attached hydrogen (secondary N) is 2. The Hall–Kier alpha value is -2.59. The molecule has 0 aliphatic carbocycles. The summed E-state index contributed by atoms with van der Waals surface area (Å²) in [7, 11) is 1.40. The molecule has 1 aromatic heterocycles. The first-order valence-electron chi connectivity index (χ1n) is 5.21. The number of aromatic amines is 2. The van der Waals surface area contributed by atoms with Crippen molar-refractivity contribution in [3.05, 3.63) is 39.0 Å². The number of hydrogen-bond acceptors (Lipinski definition) is 5. The molecule has 2 rings (SSSR count). The fraction of sp³-hybridized carbons (Fsp3) is 0.0833. The lowest BCUT2D eigenvalue weighted by molar-refractivity contribution is 0.373. The van der Waals surface area contributed by atoms with Gasteiger partial charge in [0.25, 0.3) is 5.56 Å². The monoisotopic (exact) mass is 275 g/mol. The highest BCUT2D eigenvalue weighted by atomic mass is 32.1. The van der Waals surface area contributed by atoms with Gasteiger partial charge in [-0.3, -0.25) is 9.78 Å². The number of phenolic OH excluding ortho intramolecular Hbond substituents is 1. The van der Waals surface area contributed by atoms with Crippen LogP contribution in [0.5, 0.6) is 11.5 Å². The van der Waals surface area contributed by atoms with Crippen LogP contribution in [0.3, 0.4) is 0 Å². The van der Waals surface area contributed by atoms with Crippen LogP contribution in [0.15, 0.2) is 23.0 Å². The normalized spacial score (nSPS) is 9.89. The van der Waals surface area contributed by atoms with Gasteiger partial charge in [0.15, 0.2) is 16.3 Å². The van der Waals surface area contributed by atoms with Crippen LogP contribution >= 0.6 is 12.2 Å². The number of aromatic nitrogens is 2. The highest BCUT2D eigenvalue weighted by molar-refractivity contribution is 7.71. The van der Waals surface area contributed by atoms with Gasteiger partial charge in [0, 0.05) is 0 Å². The van der Waals surface area contributed by atoms with Crippen LogP contribution in [0.4, 0.5) is 0 Å².